The minimum atomic E-state index is -0.408. The fourth-order valence-electron chi connectivity index (χ4n) is 1.13. The van der Waals surface area contributed by atoms with Crippen LogP contribution in [0.25, 0.3) is 0 Å². The zero-order valence-corrected chi connectivity index (χ0v) is 11.1. The van der Waals surface area contributed by atoms with Gasteiger partial charge < -0.3 is 20.1 Å². The first kappa shape index (κ1) is 16.6. The average molecular weight is 258 g/mol. The van der Waals surface area contributed by atoms with Crippen LogP contribution in [-0.4, -0.2) is 51.8 Å². The summed E-state index contributed by atoms with van der Waals surface area (Å²) in [6.45, 7) is 7.48. The van der Waals surface area contributed by atoms with Crippen molar-refractivity contribution in [2.75, 3.05) is 40.0 Å². The molecule has 0 aromatic rings. The Balaban J connectivity index is 3.52. The quantitative estimate of drug-likeness (QED) is 0.324. The third-order valence-corrected chi connectivity index (χ3v) is 2.06. The van der Waals surface area contributed by atoms with E-state index in [-0.39, 0.29) is 5.91 Å². The lowest BCUT2D eigenvalue weighted by Gasteiger charge is -2.07. The molecule has 0 saturated heterocycles. The van der Waals surface area contributed by atoms with Crippen LogP contribution in [0, 0.1) is 0 Å². The second-order valence-corrected chi connectivity index (χ2v) is 3.59. The van der Waals surface area contributed by atoms with Gasteiger partial charge in [-0.1, -0.05) is 6.58 Å². The van der Waals surface area contributed by atoms with E-state index >= 15 is 0 Å². The number of esters is 1. The molecule has 0 aliphatic heterocycles. The van der Waals surface area contributed by atoms with E-state index in [2.05, 4.69) is 17.2 Å². The van der Waals surface area contributed by atoms with Crippen LogP contribution >= 0.6 is 0 Å². The van der Waals surface area contributed by atoms with Crippen LogP contribution in [0.5, 0.6) is 0 Å². The van der Waals surface area contributed by atoms with Crippen LogP contribution in [0.4, 0.5) is 0 Å². The van der Waals surface area contributed by atoms with Crippen LogP contribution in [-0.2, 0) is 19.1 Å². The molecular formula is C12H22N2O4. The van der Waals surface area contributed by atoms with Crippen molar-refractivity contribution in [3.8, 4) is 0 Å². The van der Waals surface area contributed by atoms with Crippen LogP contribution in [0.15, 0.2) is 12.2 Å². The minimum Gasteiger partial charge on any atom is -0.463 e. The fourth-order valence-corrected chi connectivity index (χ4v) is 1.13. The largest absolute Gasteiger partial charge is 0.463 e. The summed E-state index contributed by atoms with van der Waals surface area (Å²) in [7, 11) is 1.58. The summed E-state index contributed by atoms with van der Waals surface area (Å²) in [6.07, 6.45) is 0.347. The van der Waals surface area contributed by atoms with Crippen molar-refractivity contribution in [1.29, 1.82) is 0 Å². The van der Waals surface area contributed by atoms with Crippen LogP contribution in [0.1, 0.15) is 13.3 Å². The smallest absolute Gasteiger partial charge is 0.334 e. The van der Waals surface area contributed by atoms with Gasteiger partial charge in [-0.2, -0.15) is 0 Å². The lowest BCUT2D eigenvalue weighted by Crippen LogP contribution is -2.31. The van der Waals surface area contributed by atoms with Gasteiger partial charge in [0.05, 0.1) is 13.2 Å². The van der Waals surface area contributed by atoms with Gasteiger partial charge in [0.15, 0.2) is 0 Å². The molecule has 0 spiro atoms. The Labute approximate surface area is 108 Å². The van der Waals surface area contributed by atoms with E-state index in [9.17, 15) is 9.59 Å². The summed E-state index contributed by atoms with van der Waals surface area (Å²) in [5.41, 5.74) is 0.358. The number of rotatable bonds is 10. The van der Waals surface area contributed by atoms with Gasteiger partial charge in [0, 0.05) is 38.7 Å². The predicted molar refractivity (Wildman–Crippen MR) is 68.1 cm³/mol. The third-order valence-electron chi connectivity index (χ3n) is 2.06. The summed E-state index contributed by atoms with van der Waals surface area (Å²) >= 11 is 0. The Morgan fingerprint density at radius 1 is 1.28 bits per heavy atom. The summed E-state index contributed by atoms with van der Waals surface area (Å²) in [5.74, 6) is -0.462. The van der Waals surface area contributed by atoms with E-state index in [0.717, 1.165) is 0 Å². The molecule has 0 saturated carbocycles. The predicted octanol–water partition coefficient (Wildman–Crippen LogP) is -0.152. The van der Waals surface area contributed by atoms with E-state index in [1.807, 2.05) is 0 Å². The lowest BCUT2D eigenvalue weighted by molar-refractivity contribution is -0.138. The Bertz CT molecular complexity index is 279. The Hall–Kier alpha value is -1.40. The molecule has 0 rings (SSSR count). The fraction of sp³-hybridized carbons (Fsp3) is 0.667. The molecule has 0 aromatic heterocycles. The van der Waals surface area contributed by atoms with Crippen molar-refractivity contribution in [2.24, 2.45) is 0 Å². The summed E-state index contributed by atoms with van der Waals surface area (Å²) in [5, 5.41) is 5.65. The van der Waals surface area contributed by atoms with Gasteiger partial charge in [-0.3, -0.25) is 4.79 Å². The molecular weight excluding hydrogens is 236 g/mol. The molecule has 2 N–H and O–H groups in total. The van der Waals surface area contributed by atoms with Gasteiger partial charge in [0.1, 0.15) is 0 Å². The molecule has 0 heterocycles. The number of hydrogen-bond acceptors (Lipinski definition) is 5. The van der Waals surface area contributed by atoms with E-state index in [1.165, 1.54) is 0 Å². The average Bonchev–Trinajstić information content (AvgIpc) is 2.35. The van der Waals surface area contributed by atoms with Gasteiger partial charge in [0.25, 0.3) is 0 Å². The highest BCUT2D eigenvalue weighted by molar-refractivity contribution is 5.88. The van der Waals surface area contributed by atoms with E-state index in [4.69, 9.17) is 9.47 Å². The van der Waals surface area contributed by atoms with Crippen LogP contribution in [0.3, 0.4) is 0 Å². The molecule has 104 valence electrons. The second kappa shape index (κ2) is 10.7. The normalized spacial score (nSPS) is 9.89. The maximum Gasteiger partial charge on any atom is 0.334 e. The van der Waals surface area contributed by atoms with Gasteiger partial charge in [0.2, 0.25) is 5.91 Å². The highest BCUT2D eigenvalue weighted by Crippen LogP contribution is 1.92. The first-order chi connectivity index (χ1) is 8.61. The van der Waals surface area contributed by atoms with Crippen LogP contribution in [0.2, 0.25) is 0 Å². The standard InChI is InChI=1S/C12H22N2O4/c1-4-18-12(16)10(2)9-13-6-5-11(15)14-7-8-17-3/h13H,2,4-9H2,1,3H3,(H,14,15). The SMILES string of the molecule is C=C(CNCCC(=O)NCCOC)C(=O)OCC. The lowest BCUT2D eigenvalue weighted by atomic mass is 10.3. The molecule has 0 bridgehead atoms. The number of hydrogen-bond donors (Lipinski definition) is 2. The number of amides is 1. The van der Waals surface area contributed by atoms with Crippen molar-refractivity contribution >= 4 is 11.9 Å². The Morgan fingerprint density at radius 3 is 2.61 bits per heavy atom. The van der Waals surface area contributed by atoms with Crippen molar-refractivity contribution < 1.29 is 19.1 Å². The van der Waals surface area contributed by atoms with Gasteiger partial charge in [-0.05, 0) is 6.92 Å². The molecule has 6 heteroatoms. The number of nitrogens with one attached hydrogen (secondary N) is 2. The first-order valence-corrected chi connectivity index (χ1v) is 5.93. The number of carbonyl (C=O) groups excluding carboxylic acids is 2. The zero-order valence-electron chi connectivity index (χ0n) is 11.1. The highest BCUT2D eigenvalue weighted by Gasteiger charge is 2.07. The van der Waals surface area contributed by atoms with Crippen molar-refractivity contribution in [2.45, 2.75) is 13.3 Å². The van der Waals surface area contributed by atoms with E-state index < -0.39 is 5.97 Å². The number of ether oxygens (including phenoxy) is 2. The van der Waals surface area contributed by atoms with Crippen molar-refractivity contribution in [3.05, 3.63) is 12.2 Å². The summed E-state index contributed by atoms with van der Waals surface area (Å²) < 4.78 is 9.58. The maximum atomic E-state index is 11.3. The van der Waals surface area contributed by atoms with Gasteiger partial charge in [-0.25, -0.2) is 4.79 Å². The Kier molecular flexibility index (Phi) is 9.90. The molecule has 0 fully saturated rings. The van der Waals surface area contributed by atoms with E-state index in [0.29, 0.717) is 44.8 Å². The highest BCUT2D eigenvalue weighted by atomic mass is 16.5. The molecule has 0 aliphatic rings. The number of methoxy groups -OCH3 is 1. The molecule has 0 aromatic carbocycles. The van der Waals surface area contributed by atoms with Crippen LogP contribution < -0.4 is 10.6 Å². The minimum absolute atomic E-state index is 0.0544. The summed E-state index contributed by atoms with van der Waals surface area (Å²) in [6, 6.07) is 0. The molecule has 0 radical (unpaired) electrons. The van der Waals surface area contributed by atoms with Gasteiger partial charge >= 0.3 is 5.97 Å². The third kappa shape index (κ3) is 8.72. The molecule has 6 nitrogen and oxygen atoms in total. The monoisotopic (exact) mass is 258 g/mol. The number of carbonyl (C=O) groups is 2. The molecule has 0 atom stereocenters. The molecule has 18 heavy (non-hydrogen) atoms. The van der Waals surface area contributed by atoms with Gasteiger partial charge in [-0.15, -0.1) is 0 Å². The van der Waals surface area contributed by atoms with Crippen molar-refractivity contribution in [1.82, 2.24) is 10.6 Å². The zero-order chi connectivity index (χ0) is 13.8. The molecule has 1 amide bonds. The first-order valence-electron chi connectivity index (χ1n) is 5.93. The van der Waals surface area contributed by atoms with E-state index in [1.54, 1.807) is 14.0 Å². The van der Waals surface area contributed by atoms with Crippen molar-refractivity contribution in [3.63, 3.8) is 0 Å². The summed E-state index contributed by atoms with van der Waals surface area (Å²) in [4.78, 5) is 22.5. The Morgan fingerprint density at radius 2 is 2.00 bits per heavy atom. The maximum absolute atomic E-state index is 11.3. The topological polar surface area (TPSA) is 76.7 Å². The second-order valence-electron chi connectivity index (χ2n) is 3.59. The molecule has 0 unspecified atom stereocenters. The molecule has 0 aliphatic carbocycles.